The zero-order valence-electron chi connectivity index (χ0n) is 12.1. The van der Waals surface area contributed by atoms with Gasteiger partial charge in [0.05, 0.1) is 0 Å². The van der Waals surface area contributed by atoms with Crippen LogP contribution < -0.4 is 5.32 Å². The molecule has 0 aromatic heterocycles. The summed E-state index contributed by atoms with van der Waals surface area (Å²) in [5, 5.41) is 3.48. The van der Waals surface area contributed by atoms with E-state index < -0.39 is 0 Å². The van der Waals surface area contributed by atoms with E-state index in [-0.39, 0.29) is 0 Å². The van der Waals surface area contributed by atoms with E-state index in [1.807, 2.05) is 6.92 Å². The Hall–Kier alpha value is -0.0800. The first-order valence-electron chi connectivity index (χ1n) is 7.70. The van der Waals surface area contributed by atoms with Crippen LogP contribution in [0.15, 0.2) is 0 Å². The highest BCUT2D eigenvalue weighted by Gasteiger charge is 1.92. The van der Waals surface area contributed by atoms with Gasteiger partial charge in [-0.2, -0.15) is 0 Å². The summed E-state index contributed by atoms with van der Waals surface area (Å²) in [6.07, 6.45) is 12.4. The third-order valence-corrected chi connectivity index (χ3v) is 3.05. The summed E-state index contributed by atoms with van der Waals surface area (Å²) in [6, 6.07) is 0. The minimum absolute atomic E-state index is 0.845. The van der Waals surface area contributed by atoms with Gasteiger partial charge in [-0.15, -0.1) is 0 Å². The second kappa shape index (κ2) is 15.9. The van der Waals surface area contributed by atoms with E-state index in [9.17, 15) is 0 Å². The standard InChI is InChI=1S/C15H33NO/c1-3-5-6-7-8-9-10-11-13-16-14-12-15-17-4-2/h16H,3-15H2,1-2H3. The molecule has 0 bridgehead atoms. The molecule has 2 nitrogen and oxygen atoms in total. The van der Waals surface area contributed by atoms with Crippen molar-refractivity contribution in [1.29, 1.82) is 0 Å². The fourth-order valence-electron chi connectivity index (χ4n) is 1.95. The molecule has 0 unspecified atom stereocenters. The number of hydrogen-bond acceptors (Lipinski definition) is 2. The first-order chi connectivity index (χ1) is 8.41. The third kappa shape index (κ3) is 15.9. The predicted molar refractivity (Wildman–Crippen MR) is 76.6 cm³/mol. The molecule has 0 aromatic carbocycles. The van der Waals surface area contributed by atoms with Crippen molar-refractivity contribution in [2.24, 2.45) is 0 Å². The molecule has 2 heteroatoms. The zero-order valence-corrected chi connectivity index (χ0v) is 12.1. The smallest absolute Gasteiger partial charge is 0.0477 e. The van der Waals surface area contributed by atoms with Gasteiger partial charge in [-0.3, -0.25) is 0 Å². The van der Waals surface area contributed by atoms with Crippen LogP contribution in [0.3, 0.4) is 0 Å². The SMILES string of the molecule is CCCCCCCCCCNCCCOCC. The second-order valence-electron chi connectivity index (χ2n) is 4.78. The van der Waals surface area contributed by atoms with Crippen molar-refractivity contribution < 1.29 is 4.74 Å². The van der Waals surface area contributed by atoms with Crippen molar-refractivity contribution in [3.8, 4) is 0 Å². The van der Waals surface area contributed by atoms with Crippen molar-refractivity contribution in [3.63, 3.8) is 0 Å². The van der Waals surface area contributed by atoms with Gasteiger partial charge >= 0.3 is 0 Å². The summed E-state index contributed by atoms with van der Waals surface area (Å²) in [5.41, 5.74) is 0. The zero-order chi connectivity index (χ0) is 12.6. The van der Waals surface area contributed by atoms with Crippen molar-refractivity contribution in [2.75, 3.05) is 26.3 Å². The van der Waals surface area contributed by atoms with Gasteiger partial charge in [0, 0.05) is 13.2 Å². The van der Waals surface area contributed by atoms with Crippen molar-refractivity contribution in [2.45, 2.75) is 71.6 Å². The van der Waals surface area contributed by atoms with Gasteiger partial charge in [-0.05, 0) is 32.9 Å². The van der Waals surface area contributed by atoms with Crippen LogP contribution in [0.2, 0.25) is 0 Å². The van der Waals surface area contributed by atoms with Gasteiger partial charge in [0.2, 0.25) is 0 Å². The van der Waals surface area contributed by atoms with E-state index >= 15 is 0 Å². The van der Waals surface area contributed by atoms with E-state index in [2.05, 4.69) is 12.2 Å². The summed E-state index contributed by atoms with van der Waals surface area (Å²) in [6.45, 7) is 8.36. The van der Waals surface area contributed by atoms with Crippen LogP contribution in [0.5, 0.6) is 0 Å². The lowest BCUT2D eigenvalue weighted by Crippen LogP contribution is -2.18. The van der Waals surface area contributed by atoms with Gasteiger partial charge in [0.15, 0.2) is 0 Å². The summed E-state index contributed by atoms with van der Waals surface area (Å²) in [5.74, 6) is 0. The molecule has 0 amide bonds. The van der Waals surface area contributed by atoms with Crippen LogP contribution in [0, 0.1) is 0 Å². The van der Waals surface area contributed by atoms with Crippen LogP contribution >= 0.6 is 0 Å². The molecular weight excluding hydrogens is 210 g/mol. The highest BCUT2D eigenvalue weighted by molar-refractivity contribution is 4.50. The average Bonchev–Trinajstić information content (AvgIpc) is 2.35. The highest BCUT2D eigenvalue weighted by atomic mass is 16.5. The predicted octanol–water partition coefficient (Wildman–Crippen LogP) is 4.14. The Labute approximate surface area is 109 Å². The van der Waals surface area contributed by atoms with Crippen LogP contribution in [-0.2, 0) is 4.74 Å². The lowest BCUT2D eigenvalue weighted by atomic mass is 10.1. The topological polar surface area (TPSA) is 21.3 Å². The van der Waals surface area contributed by atoms with E-state index in [0.29, 0.717) is 0 Å². The number of unbranched alkanes of at least 4 members (excludes halogenated alkanes) is 7. The third-order valence-electron chi connectivity index (χ3n) is 3.05. The Morgan fingerprint density at radius 2 is 1.29 bits per heavy atom. The molecule has 0 radical (unpaired) electrons. The van der Waals surface area contributed by atoms with Crippen LogP contribution in [-0.4, -0.2) is 26.3 Å². The molecule has 0 atom stereocenters. The Balaban J connectivity index is 2.85. The van der Waals surface area contributed by atoms with Crippen molar-refractivity contribution in [1.82, 2.24) is 5.32 Å². The van der Waals surface area contributed by atoms with Gasteiger partial charge in [0.1, 0.15) is 0 Å². The van der Waals surface area contributed by atoms with E-state index in [1.165, 1.54) is 57.9 Å². The summed E-state index contributed by atoms with van der Waals surface area (Å²) in [7, 11) is 0. The van der Waals surface area contributed by atoms with E-state index in [4.69, 9.17) is 4.74 Å². The fraction of sp³-hybridized carbons (Fsp3) is 1.00. The fourth-order valence-corrected chi connectivity index (χ4v) is 1.95. The lowest BCUT2D eigenvalue weighted by Gasteiger charge is -2.05. The van der Waals surface area contributed by atoms with Crippen LogP contribution in [0.4, 0.5) is 0 Å². The Kier molecular flexibility index (Phi) is 15.8. The molecule has 0 saturated carbocycles. The number of nitrogens with one attached hydrogen (secondary N) is 1. The monoisotopic (exact) mass is 243 g/mol. The molecule has 0 aromatic rings. The summed E-state index contributed by atoms with van der Waals surface area (Å²) in [4.78, 5) is 0. The highest BCUT2D eigenvalue weighted by Crippen LogP contribution is 2.07. The molecule has 0 rings (SSSR count). The molecule has 0 saturated heterocycles. The van der Waals surface area contributed by atoms with Crippen LogP contribution in [0.25, 0.3) is 0 Å². The lowest BCUT2D eigenvalue weighted by molar-refractivity contribution is 0.145. The van der Waals surface area contributed by atoms with E-state index in [0.717, 1.165) is 26.2 Å². The van der Waals surface area contributed by atoms with Crippen molar-refractivity contribution >= 4 is 0 Å². The normalized spacial score (nSPS) is 10.9. The van der Waals surface area contributed by atoms with Gasteiger partial charge < -0.3 is 10.1 Å². The van der Waals surface area contributed by atoms with Gasteiger partial charge in [-0.25, -0.2) is 0 Å². The first-order valence-corrected chi connectivity index (χ1v) is 7.70. The molecule has 0 fully saturated rings. The minimum atomic E-state index is 0.845. The summed E-state index contributed by atoms with van der Waals surface area (Å²) < 4.78 is 5.29. The maximum absolute atomic E-state index is 5.29. The Bertz CT molecular complexity index is 114. The average molecular weight is 243 g/mol. The summed E-state index contributed by atoms with van der Waals surface area (Å²) >= 11 is 0. The molecule has 0 spiro atoms. The molecule has 1 N–H and O–H groups in total. The minimum Gasteiger partial charge on any atom is -0.382 e. The van der Waals surface area contributed by atoms with Crippen molar-refractivity contribution in [3.05, 3.63) is 0 Å². The molecule has 104 valence electrons. The number of hydrogen-bond donors (Lipinski definition) is 1. The van der Waals surface area contributed by atoms with Gasteiger partial charge in [0.25, 0.3) is 0 Å². The molecule has 0 aliphatic heterocycles. The second-order valence-corrected chi connectivity index (χ2v) is 4.78. The molecular formula is C15H33NO. The van der Waals surface area contributed by atoms with Crippen LogP contribution in [0.1, 0.15) is 71.6 Å². The number of rotatable bonds is 14. The molecule has 0 aliphatic rings. The Morgan fingerprint density at radius 1 is 0.706 bits per heavy atom. The van der Waals surface area contributed by atoms with E-state index in [1.54, 1.807) is 0 Å². The molecule has 0 aliphatic carbocycles. The van der Waals surface area contributed by atoms with Gasteiger partial charge in [-0.1, -0.05) is 51.9 Å². The number of ether oxygens (including phenoxy) is 1. The molecule has 0 heterocycles. The maximum Gasteiger partial charge on any atom is 0.0477 e. The quantitative estimate of drug-likeness (QED) is 0.463. The maximum atomic E-state index is 5.29. The largest absolute Gasteiger partial charge is 0.382 e. The Morgan fingerprint density at radius 3 is 1.94 bits per heavy atom. The molecule has 17 heavy (non-hydrogen) atoms. The first kappa shape index (κ1) is 16.9.